The van der Waals surface area contributed by atoms with Gasteiger partial charge in [0.1, 0.15) is 6.61 Å². The minimum absolute atomic E-state index is 0. The van der Waals surface area contributed by atoms with Gasteiger partial charge in [-0.3, -0.25) is 4.90 Å². The Hall–Kier alpha value is -1.17. The van der Waals surface area contributed by atoms with Crippen LogP contribution >= 0.6 is 36.4 Å². The molecule has 1 heterocycles. The number of halogens is 3. The monoisotopic (exact) mass is 474 g/mol. The summed E-state index contributed by atoms with van der Waals surface area (Å²) >= 11 is 6.23. The lowest BCUT2D eigenvalue weighted by atomic mass is 10.1. The Morgan fingerprint density at radius 1 is 1.07 bits per heavy atom. The fourth-order valence-corrected chi connectivity index (χ4v) is 3.94. The van der Waals surface area contributed by atoms with E-state index < -0.39 is 0 Å². The molecular weight excluding hydrogens is 443 g/mol. The first kappa shape index (κ1) is 26.9. The predicted octanol–water partition coefficient (Wildman–Crippen LogP) is 5.74. The molecule has 0 bridgehead atoms. The van der Waals surface area contributed by atoms with Crippen molar-refractivity contribution in [2.24, 2.45) is 0 Å². The SMILES string of the molecule is CCOc1cc(CNCC2CCCN2CC)ccc1OCc1ccccc1Cl.Cl.Cl. The predicted molar refractivity (Wildman–Crippen MR) is 130 cm³/mol. The molecule has 1 unspecified atom stereocenters. The molecule has 30 heavy (non-hydrogen) atoms. The van der Waals surface area contributed by atoms with Crippen LogP contribution in [0.15, 0.2) is 42.5 Å². The first-order valence-electron chi connectivity index (χ1n) is 10.3. The molecule has 2 aromatic carbocycles. The number of benzene rings is 2. The minimum atomic E-state index is 0. The van der Waals surface area contributed by atoms with Crippen molar-refractivity contribution in [3.63, 3.8) is 0 Å². The molecule has 168 valence electrons. The number of nitrogens with zero attached hydrogens (tertiary/aromatic N) is 1. The van der Waals surface area contributed by atoms with Gasteiger partial charge < -0.3 is 14.8 Å². The molecule has 7 heteroatoms. The lowest BCUT2D eigenvalue weighted by Crippen LogP contribution is -2.37. The fraction of sp³-hybridized carbons (Fsp3) is 0.478. The Bertz CT molecular complexity index is 761. The van der Waals surface area contributed by atoms with Crippen LogP contribution in [0.4, 0.5) is 0 Å². The van der Waals surface area contributed by atoms with Crippen LogP contribution in [0.25, 0.3) is 0 Å². The first-order chi connectivity index (χ1) is 13.7. The minimum Gasteiger partial charge on any atom is -0.490 e. The highest BCUT2D eigenvalue weighted by molar-refractivity contribution is 6.31. The van der Waals surface area contributed by atoms with Crippen molar-refractivity contribution in [1.82, 2.24) is 10.2 Å². The Morgan fingerprint density at radius 3 is 2.60 bits per heavy atom. The Labute approximate surface area is 198 Å². The van der Waals surface area contributed by atoms with E-state index in [1.54, 1.807) is 0 Å². The third kappa shape index (κ3) is 7.51. The van der Waals surface area contributed by atoms with Gasteiger partial charge in [0.25, 0.3) is 0 Å². The summed E-state index contributed by atoms with van der Waals surface area (Å²) in [5.41, 5.74) is 2.17. The van der Waals surface area contributed by atoms with Crippen molar-refractivity contribution >= 4 is 36.4 Å². The highest BCUT2D eigenvalue weighted by Gasteiger charge is 2.22. The van der Waals surface area contributed by atoms with E-state index in [-0.39, 0.29) is 24.8 Å². The van der Waals surface area contributed by atoms with Gasteiger partial charge >= 0.3 is 0 Å². The van der Waals surface area contributed by atoms with Crippen LogP contribution in [0.1, 0.15) is 37.8 Å². The molecule has 1 atom stereocenters. The second-order valence-corrected chi connectivity index (χ2v) is 7.56. The maximum atomic E-state index is 6.23. The largest absolute Gasteiger partial charge is 0.490 e. The van der Waals surface area contributed by atoms with E-state index in [0.717, 1.165) is 36.7 Å². The lowest BCUT2D eigenvalue weighted by molar-refractivity contribution is 0.259. The maximum absolute atomic E-state index is 6.23. The smallest absolute Gasteiger partial charge is 0.161 e. The molecule has 1 fully saturated rings. The van der Waals surface area contributed by atoms with Gasteiger partial charge in [-0.25, -0.2) is 0 Å². The van der Waals surface area contributed by atoms with Crippen molar-refractivity contribution in [1.29, 1.82) is 0 Å². The highest BCUT2D eigenvalue weighted by Crippen LogP contribution is 2.30. The zero-order chi connectivity index (χ0) is 19.8. The second-order valence-electron chi connectivity index (χ2n) is 7.15. The lowest BCUT2D eigenvalue weighted by Gasteiger charge is -2.23. The van der Waals surface area contributed by atoms with Crippen molar-refractivity contribution in [2.45, 2.75) is 45.9 Å². The molecule has 0 spiro atoms. The Kier molecular flexibility index (Phi) is 12.5. The van der Waals surface area contributed by atoms with Crippen LogP contribution in [0, 0.1) is 0 Å². The number of nitrogens with one attached hydrogen (secondary N) is 1. The molecule has 1 aliphatic rings. The van der Waals surface area contributed by atoms with Gasteiger partial charge in [-0.1, -0.05) is 42.8 Å². The summed E-state index contributed by atoms with van der Waals surface area (Å²) < 4.78 is 11.8. The summed E-state index contributed by atoms with van der Waals surface area (Å²) in [5, 5.41) is 4.32. The van der Waals surface area contributed by atoms with Gasteiger partial charge in [-0.05, 0) is 56.6 Å². The van der Waals surface area contributed by atoms with Crippen molar-refractivity contribution in [3.8, 4) is 11.5 Å². The number of likely N-dealkylation sites (N-methyl/N-ethyl adjacent to an activating group) is 1. The van der Waals surface area contributed by atoms with E-state index in [4.69, 9.17) is 21.1 Å². The van der Waals surface area contributed by atoms with Gasteiger partial charge in [0.05, 0.1) is 6.61 Å². The first-order valence-corrected chi connectivity index (χ1v) is 10.7. The maximum Gasteiger partial charge on any atom is 0.161 e. The molecule has 4 nitrogen and oxygen atoms in total. The summed E-state index contributed by atoms with van der Waals surface area (Å²) in [6.45, 7) is 9.49. The highest BCUT2D eigenvalue weighted by atomic mass is 35.5. The standard InChI is InChI=1S/C23H31ClN2O2.2ClH/c1-3-26-13-7-9-20(26)16-25-15-18-11-12-22(23(14-18)27-4-2)28-17-19-8-5-6-10-21(19)24;;/h5-6,8,10-12,14,20,25H,3-4,7,9,13,15-17H2,1-2H3;2*1H. The molecule has 1 N–H and O–H groups in total. The van der Waals surface area contributed by atoms with E-state index >= 15 is 0 Å². The van der Waals surface area contributed by atoms with Gasteiger partial charge in [0.15, 0.2) is 11.5 Å². The van der Waals surface area contributed by atoms with E-state index in [1.807, 2.05) is 37.3 Å². The van der Waals surface area contributed by atoms with E-state index in [0.29, 0.717) is 24.3 Å². The van der Waals surface area contributed by atoms with Crippen LogP contribution in [0.5, 0.6) is 11.5 Å². The topological polar surface area (TPSA) is 33.7 Å². The van der Waals surface area contributed by atoms with Crippen molar-refractivity contribution in [3.05, 3.63) is 58.6 Å². The van der Waals surface area contributed by atoms with Gasteiger partial charge in [-0.2, -0.15) is 0 Å². The van der Waals surface area contributed by atoms with Gasteiger partial charge in [0, 0.05) is 29.7 Å². The summed E-state index contributed by atoms with van der Waals surface area (Å²) in [6.07, 6.45) is 2.60. The molecule has 1 saturated heterocycles. The van der Waals surface area contributed by atoms with Crippen LogP contribution in [0.2, 0.25) is 5.02 Å². The molecule has 0 aliphatic carbocycles. The average Bonchev–Trinajstić information content (AvgIpc) is 3.16. The molecule has 1 aliphatic heterocycles. The molecule has 0 saturated carbocycles. The van der Waals surface area contributed by atoms with Gasteiger partial charge in [-0.15, -0.1) is 24.8 Å². The summed E-state index contributed by atoms with van der Waals surface area (Å²) in [4.78, 5) is 2.56. The number of rotatable bonds is 10. The van der Waals surface area contributed by atoms with E-state index in [2.05, 4.69) is 29.3 Å². The molecule has 0 radical (unpaired) electrons. The summed E-state index contributed by atoms with van der Waals surface area (Å²) in [7, 11) is 0. The van der Waals surface area contributed by atoms with Crippen LogP contribution in [-0.2, 0) is 13.2 Å². The van der Waals surface area contributed by atoms with E-state index in [9.17, 15) is 0 Å². The van der Waals surface area contributed by atoms with Crippen molar-refractivity contribution < 1.29 is 9.47 Å². The molecule has 0 amide bonds. The number of hydrogen-bond donors (Lipinski definition) is 1. The normalized spacial score (nSPS) is 15.9. The number of ether oxygens (including phenoxy) is 2. The molecular formula is C23H33Cl3N2O2. The van der Waals surface area contributed by atoms with Crippen molar-refractivity contribution in [2.75, 3.05) is 26.2 Å². The van der Waals surface area contributed by atoms with Crippen LogP contribution < -0.4 is 14.8 Å². The molecule has 0 aromatic heterocycles. The Morgan fingerprint density at radius 2 is 1.87 bits per heavy atom. The number of hydrogen-bond acceptors (Lipinski definition) is 4. The fourth-order valence-electron chi connectivity index (χ4n) is 3.75. The number of likely N-dealkylation sites (tertiary alicyclic amines) is 1. The quantitative estimate of drug-likeness (QED) is 0.475. The van der Waals surface area contributed by atoms with Crippen LogP contribution in [-0.4, -0.2) is 37.2 Å². The second kappa shape index (κ2) is 14.0. The van der Waals surface area contributed by atoms with E-state index in [1.165, 1.54) is 24.9 Å². The van der Waals surface area contributed by atoms with Gasteiger partial charge in [0.2, 0.25) is 0 Å². The third-order valence-electron chi connectivity index (χ3n) is 5.26. The Balaban J connectivity index is 0.00000225. The summed E-state index contributed by atoms with van der Waals surface area (Å²) in [5.74, 6) is 1.53. The zero-order valence-corrected chi connectivity index (χ0v) is 20.1. The molecule has 2 aromatic rings. The average molecular weight is 476 g/mol. The molecule has 3 rings (SSSR count). The van der Waals surface area contributed by atoms with Crippen LogP contribution in [0.3, 0.4) is 0 Å². The zero-order valence-electron chi connectivity index (χ0n) is 17.7. The third-order valence-corrected chi connectivity index (χ3v) is 5.63. The summed E-state index contributed by atoms with van der Waals surface area (Å²) in [6, 6.07) is 14.6.